The summed E-state index contributed by atoms with van der Waals surface area (Å²) >= 11 is 0. The van der Waals surface area contributed by atoms with Crippen molar-refractivity contribution in [1.29, 1.82) is 0 Å². The minimum Gasteiger partial charge on any atom is -0.497 e. The summed E-state index contributed by atoms with van der Waals surface area (Å²) in [6.45, 7) is 8.91. The molecule has 0 aliphatic carbocycles. The highest BCUT2D eigenvalue weighted by molar-refractivity contribution is 5.36. The summed E-state index contributed by atoms with van der Waals surface area (Å²) in [5.74, 6) is 0.943. The van der Waals surface area contributed by atoms with E-state index in [2.05, 4.69) is 42.3 Å². The first kappa shape index (κ1) is 12.4. The molecule has 1 saturated heterocycles. The monoisotopic (exact) mass is 234 g/mol. The number of piperazine rings is 1. The highest BCUT2D eigenvalue weighted by atomic mass is 16.5. The van der Waals surface area contributed by atoms with Crippen LogP contribution in [0.1, 0.15) is 24.1 Å². The van der Waals surface area contributed by atoms with Crippen molar-refractivity contribution in [2.75, 3.05) is 33.3 Å². The van der Waals surface area contributed by atoms with Crippen LogP contribution < -0.4 is 10.1 Å². The normalized spacial score (nSPS) is 19.0. The molecule has 3 nitrogen and oxygen atoms in total. The smallest absolute Gasteiger partial charge is 0.119 e. The van der Waals surface area contributed by atoms with E-state index in [4.69, 9.17) is 4.74 Å². The molecule has 0 radical (unpaired) electrons. The fraction of sp³-hybridized carbons (Fsp3) is 0.571. The van der Waals surface area contributed by atoms with Gasteiger partial charge in [-0.1, -0.05) is 6.07 Å². The molecule has 1 aliphatic rings. The third-order valence-corrected chi connectivity index (χ3v) is 3.63. The third-order valence-electron chi connectivity index (χ3n) is 3.63. The molecule has 0 aromatic heterocycles. The molecule has 0 unspecified atom stereocenters. The quantitative estimate of drug-likeness (QED) is 0.865. The van der Waals surface area contributed by atoms with Gasteiger partial charge in [0, 0.05) is 32.2 Å². The number of nitrogens with zero attached hydrogens (tertiary/aromatic N) is 1. The predicted octanol–water partition coefficient (Wildman–Crippen LogP) is 1.97. The van der Waals surface area contributed by atoms with Crippen LogP contribution in [0.3, 0.4) is 0 Å². The second-order valence-electron chi connectivity index (χ2n) is 4.68. The van der Waals surface area contributed by atoms with Crippen LogP contribution in [0.5, 0.6) is 5.75 Å². The highest BCUT2D eigenvalue weighted by Gasteiger charge is 2.19. The molecular formula is C14H22N2O. The van der Waals surface area contributed by atoms with E-state index in [1.165, 1.54) is 11.1 Å². The lowest BCUT2D eigenvalue weighted by molar-refractivity contribution is 0.185. The molecule has 1 N–H and O–H groups in total. The van der Waals surface area contributed by atoms with E-state index in [1.54, 1.807) is 7.11 Å². The maximum atomic E-state index is 5.25. The maximum Gasteiger partial charge on any atom is 0.119 e. The summed E-state index contributed by atoms with van der Waals surface area (Å²) in [6.07, 6.45) is 0. The Morgan fingerprint density at radius 2 is 2.00 bits per heavy atom. The summed E-state index contributed by atoms with van der Waals surface area (Å²) in [7, 11) is 1.72. The second-order valence-corrected chi connectivity index (χ2v) is 4.68. The average molecular weight is 234 g/mol. The number of benzene rings is 1. The highest BCUT2D eigenvalue weighted by Crippen LogP contribution is 2.26. The fourth-order valence-corrected chi connectivity index (χ4v) is 2.51. The molecule has 0 amide bonds. The van der Waals surface area contributed by atoms with Crippen molar-refractivity contribution in [3.05, 3.63) is 29.3 Å². The van der Waals surface area contributed by atoms with Gasteiger partial charge in [-0.15, -0.1) is 0 Å². The van der Waals surface area contributed by atoms with Gasteiger partial charge in [-0.05, 0) is 37.1 Å². The molecule has 17 heavy (non-hydrogen) atoms. The van der Waals surface area contributed by atoms with Crippen molar-refractivity contribution in [3.63, 3.8) is 0 Å². The van der Waals surface area contributed by atoms with Crippen molar-refractivity contribution in [1.82, 2.24) is 10.2 Å². The molecular weight excluding hydrogens is 212 g/mol. The van der Waals surface area contributed by atoms with Crippen molar-refractivity contribution in [2.24, 2.45) is 0 Å². The standard InChI is InChI=1S/C14H22N2O/c1-11-10-13(17-3)4-5-14(11)12(2)16-8-6-15-7-9-16/h4-5,10,12,15H,6-9H2,1-3H3/t12-/m0/s1. The number of rotatable bonds is 3. The van der Waals surface area contributed by atoms with Crippen molar-refractivity contribution < 1.29 is 4.74 Å². The van der Waals surface area contributed by atoms with E-state index < -0.39 is 0 Å². The Kier molecular flexibility index (Phi) is 4.02. The molecule has 94 valence electrons. The van der Waals surface area contributed by atoms with Crippen molar-refractivity contribution in [2.45, 2.75) is 19.9 Å². The number of hydrogen-bond acceptors (Lipinski definition) is 3. The van der Waals surface area contributed by atoms with Crippen LogP contribution in [-0.2, 0) is 0 Å². The predicted molar refractivity (Wildman–Crippen MR) is 70.6 cm³/mol. The Hall–Kier alpha value is -1.06. The molecule has 0 spiro atoms. The van der Waals surface area contributed by atoms with Gasteiger partial charge in [0.2, 0.25) is 0 Å². The molecule has 1 aromatic rings. The number of ether oxygens (including phenoxy) is 1. The van der Waals surface area contributed by atoms with E-state index in [0.29, 0.717) is 6.04 Å². The van der Waals surface area contributed by atoms with Crippen LogP contribution in [0.15, 0.2) is 18.2 Å². The van der Waals surface area contributed by atoms with Gasteiger partial charge in [0.05, 0.1) is 7.11 Å². The van der Waals surface area contributed by atoms with E-state index in [0.717, 1.165) is 31.9 Å². The third kappa shape index (κ3) is 2.79. The summed E-state index contributed by atoms with van der Waals surface area (Å²) in [6, 6.07) is 6.86. The van der Waals surface area contributed by atoms with Crippen LogP contribution in [-0.4, -0.2) is 38.2 Å². The van der Waals surface area contributed by atoms with E-state index in [1.807, 2.05) is 0 Å². The van der Waals surface area contributed by atoms with Crippen LogP contribution in [0.4, 0.5) is 0 Å². The molecule has 2 rings (SSSR count). The van der Waals surface area contributed by atoms with E-state index in [-0.39, 0.29) is 0 Å². The summed E-state index contributed by atoms with van der Waals surface area (Å²) < 4.78 is 5.25. The lowest BCUT2D eigenvalue weighted by Crippen LogP contribution is -2.44. The van der Waals surface area contributed by atoms with Crippen molar-refractivity contribution >= 4 is 0 Å². The zero-order valence-electron chi connectivity index (χ0n) is 11.0. The van der Waals surface area contributed by atoms with Crippen LogP contribution >= 0.6 is 0 Å². The van der Waals surface area contributed by atoms with Crippen LogP contribution in [0, 0.1) is 6.92 Å². The fourth-order valence-electron chi connectivity index (χ4n) is 2.51. The summed E-state index contributed by atoms with van der Waals surface area (Å²) in [4.78, 5) is 2.53. The first-order valence-electron chi connectivity index (χ1n) is 6.31. The maximum absolute atomic E-state index is 5.25. The lowest BCUT2D eigenvalue weighted by atomic mass is 10.0. The van der Waals surface area contributed by atoms with Gasteiger partial charge >= 0.3 is 0 Å². The SMILES string of the molecule is COc1ccc([C@H](C)N2CCNCC2)c(C)c1. The van der Waals surface area contributed by atoms with Crippen molar-refractivity contribution in [3.8, 4) is 5.75 Å². The Bertz CT molecular complexity index is 372. The topological polar surface area (TPSA) is 24.5 Å². The summed E-state index contributed by atoms with van der Waals surface area (Å²) in [5.41, 5.74) is 2.73. The average Bonchev–Trinajstić information content (AvgIpc) is 2.39. The molecule has 0 bridgehead atoms. The second kappa shape index (κ2) is 5.52. The molecule has 3 heteroatoms. The Morgan fingerprint density at radius 1 is 1.29 bits per heavy atom. The molecule has 1 heterocycles. The Labute approximate surface area is 104 Å². The first-order valence-corrected chi connectivity index (χ1v) is 6.31. The first-order chi connectivity index (χ1) is 8.22. The summed E-state index contributed by atoms with van der Waals surface area (Å²) in [5, 5.41) is 3.39. The zero-order chi connectivity index (χ0) is 12.3. The minimum absolute atomic E-state index is 0.489. The molecule has 1 aromatic carbocycles. The van der Waals surface area contributed by atoms with Gasteiger partial charge in [-0.3, -0.25) is 4.90 Å². The number of aryl methyl sites for hydroxylation is 1. The van der Waals surface area contributed by atoms with Crippen LogP contribution in [0.25, 0.3) is 0 Å². The van der Waals surface area contributed by atoms with E-state index >= 15 is 0 Å². The largest absolute Gasteiger partial charge is 0.497 e. The van der Waals surface area contributed by atoms with Gasteiger partial charge in [-0.25, -0.2) is 0 Å². The number of methoxy groups -OCH3 is 1. The Morgan fingerprint density at radius 3 is 2.59 bits per heavy atom. The van der Waals surface area contributed by atoms with Gasteiger partial charge in [0.1, 0.15) is 5.75 Å². The van der Waals surface area contributed by atoms with Gasteiger partial charge < -0.3 is 10.1 Å². The molecule has 1 fully saturated rings. The van der Waals surface area contributed by atoms with Gasteiger partial charge in [-0.2, -0.15) is 0 Å². The Balaban J connectivity index is 2.15. The van der Waals surface area contributed by atoms with Gasteiger partial charge in [0.25, 0.3) is 0 Å². The molecule has 1 aliphatic heterocycles. The molecule has 0 saturated carbocycles. The van der Waals surface area contributed by atoms with Gasteiger partial charge in [0.15, 0.2) is 0 Å². The molecule has 1 atom stereocenters. The van der Waals surface area contributed by atoms with E-state index in [9.17, 15) is 0 Å². The van der Waals surface area contributed by atoms with Crippen LogP contribution in [0.2, 0.25) is 0 Å². The minimum atomic E-state index is 0.489. The number of nitrogens with one attached hydrogen (secondary N) is 1. The zero-order valence-corrected chi connectivity index (χ0v) is 11.0. The number of hydrogen-bond donors (Lipinski definition) is 1. The lowest BCUT2D eigenvalue weighted by Gasteiger charge is -2.33.